The first kappa shape index (κ1) is 10.1. The maximum Gasteiger partial charge on any atom is 0.336 e. The van der Waals surface area contributed by atoms with Crippen molar-refractivity contribution in [3.63, 3.8) is 0 Å². The van der Waals surface area contributed by atoms with Gasteiger partial charge in [-0.1, -0.05) is 0 Å². The monoisotopic (exact) mass is 228 g/mol. The summed E-state index contributed by atoms with van der Waals surface area (Å²) in [5.41, 5.74) is 4.12. The third-order valence-corrected chi connectivity index (χ3v) is 3.13. The average molecular weight is 228 g/mol. The molecule has 17 heavy (non-hydrogen) atoms. The fourth-order valence-corrected chi connectivity index (χ4v) is 2.41. The molecule has 2 aromatic heterocycles. The SMILES string of the molecule is Cc1coc2c1c(C)cc1oc(=O)cc(C)c12. The number of hydrogen-bond acceptors (Lipinski definition) is 3. The molecule has 86 valence electrons. The van der Waals surface area contributed by atoms with E-state index in [1.807, 2.05) is 26.8 Å². The van der Waals surface area contributed by atoms with Crippen molar-refractivity contribution >= 4 is 21.9 Å². The van der Waals surface area contributed by atoms with E-state index in [2.05, 4.69) is 0 Å². The van der Waals surface area contributed by atoms with Crippen LogP contribution in [0.5, 0.6) is 0 Å². The minimum atomic E-state index is -0.322. The van der Waals surface area contributed by atoms with Crippen molar-refractivity contribution in [3.05, 3.63) is 45.5 Å². The van der Waals surface area contributed by atoms with E-state index in [9.17, 15) is 4.79 Å². The highest BCUT2D eigenvalue weighted by Crippen LogP contribution is 2.32. The van der Waals surface area contributed by atoms with E-state index >= 15 is 0 Å². The van der Waals surface area contributed by atoms with E-state index in [0.29, 0.717) is 5.58 Å². The van der Waals surface area contributed by atoms with Crippen LogP contribution in [0, 0.1) is 20.8 Å². The average Bonchev–Trinajstić information content (AvgIpc) is 2.59. The Morgan fingerprint density at radius 3 is 2.41 bits per heavy atom. The van der Waals surface area contributed by atoms with Crippen molar-refractivity contribution in [1.82, 2.24) is 0 Å². The molecule has 0 radical (unpaired) electrons. The van der Waals surface area contributed by atoms with E-state index in [1.54, 1.807) is 6.26 Å². The normalized spacial score (nSPS) is 11.5. The van der Waals surface area contributed by atoms with Crippen LogP contribution in [0.25, 0.3) is 21.9 Å². The van der Waals surface area contributed by atoms with Crippen LogP contribution in [-0.2, 0) is 0 Å². The Morgan fingerprint density at radius 1 is 0.941 bits per heavy atom. The number of benzene rings is 1. The summed E-state index contributed by atoms with van der Waals surface area (Å²) in [6.45, 7) is 5.90. The molecule has 3 aromatic rings. The van der Waals surface area contributed by atoms with Gasteiger partial charge in [-0.25, -0.2) is 4.79 Å². The maximum atomic E-state index is 11.4. The highest BCUT2D eigenvalue weighted by molar-refractivity contribution is 6.06. The molecule has 3 rings (SSSR count). The molecular weight excluding hydrogens is 216 g/mol. The Hall–Kier alpha value is -2.03. The molecule has 3 heteroatoms. The van der Waals surface area contributed by atoms with Gasteiger partial charge in [-0.05, 0) is 43.5 Å². The summed E-state index contributed by atoms with van der Waals surface area (Å²) in [5, 5.41) is 1.99. The zero-order valence-corrected chi connectivity index (χ0v) is 9.96. The molecular formula is C14H12O3. The third-order valence-electron chi connectivity index (χ3n) is 3.13. The van der Waals surface area contributed by atoms with Crippen LogP contribution in [-0.4, -0.2) is 0 Å². The second kappa shape index (κ2) is 3.23. The van der Waals surface area contributed by atoms with Crippen molar-refractivity contribution in [2.24, 2.45) is 0 Å². The van der Waals surface area contributed by atoms with E-state index < -0.39 is 0 Å². The molecule has 0 saturated heterocycles. The molecule has 0 aliphatic carbocycles. The number of furan rings is 1. The Labute approximate surface area is 97.7 Å². The van der Waals surface area contributed by atoms with Gasteiger partial charge in [0.15, 0.2) is 0 Å². The van der Waals surface area contributed by atoms with Gasteiger partial charge in [0.2, 0.25) is 0 Å². The van der Waals surface area contributed by atoms with Crippen LogP contribution in [0.15, 0.2) is 32.0 Å². The summed E-state index contributed by atoms with van der Waals surface area (Å²) in [5.74, 6) is 0. The van der Waals surface area contributed by atoms with Gasteiger partial charge in [-0.3, -0.25) is 0 Å². The van der Waals surface area contributed by atoms with Gasteiger partial charge in [0.1, 0.15) is 11.2 Å². The van der Waals surface area contributed by atoms with Crippen molar-refractivity contribution in [1.29, 1.82) is 0 Å². The Balaban J connectivity index is 2.69. The molecule has 2 heterocycles. The predicted molar refractivity (Wildman–Crippen MR) is 66.5 cm³/mol. The number of aryl methyl sites for hydroxylation is 3. The minimum absolute atomic E-state index is 0.322. The Morgan fingerprint density at radius 2 is 1.65 bits per heavy atom. The summed E-state index contributed by atoms with van der Waals surface area (Å²) in [6, 6.07) is 3.39. The van der Waals surface area contributed by atoms with Crippen LogP contribution in [0.4, 0.5) is 0 Å². The first-order chi connectivity index (χ1) is 8.08. The van der Waals surface area contributed by atoms with Gasteiger partial charge in [-0.2, -0.15) is 0 Å². The molecule has 0 aliphatic heterocycles. The summed E-state index contributed by atoms with van der Waals surface area (Å²) in [4.78, 5) is 11.4. The first-order valence-corrected chi connectivity index (χ1v) is 5.50. The lowest BCUT2D eigenvalue weighted by Gasteiger charge is -2.04. The number of hydrogen-bond donors (Lipinski definition) is 0. The fraction of sp³-hybridized carbons (Fsp3) is 0.214. The molecule has 0 fully saturated rings. The van der Waals surface area contributed by atoms with Crippen molar-refractivity contribution in [3.8, 4) is 0 Å². The van der Waals surface area contributed by atoms with Crippen LogP contribution >= 0.6 is 0 Å². The second-order valence-corrected chi connectivity index (χ2v) is 4.44. The lowest BCUT2D eigenvalue weighted by molar-refractivity contribution is 0.558. The summed E-state index contributed by atoms with van der Waals surface area (Å²) in [6.07, 6.45) is 1.74. The van der Waals surface area contributed by atoms with E-state index in [-0.39, 0.29) is 5.63 Å². The lowest BCUT2D eigenvalue weighted by Crippen LogP contribution is -1.98. The largest absolute Gasteiger partial charge is 0.463 e. The van der Waals surface area contributed by atoms with Crippen LogP contribution < -0.4 is 5.63 Å². The zero-order chi connectivity index (χ0) is 12.2. The van der Waals surface area contributed by atoms with Crippen molar-refractivity contribution < 1.29 is 8.83 Å². The Bertz CT molecular complexity index is 790. The fourth-order valence-electron chi connectivity index (χ4n) is 2.41. The lowest BCUT2D eigenvalue weighted by atomic mass is 10.0. The van der Waals surface area contributed by atoms with E-state index in [4.69, 9.17) is 8.83 Å². The molecule has 0 N–H and O–H groups in total. The van der Waals surface area contributed by atoms with Crippen LogP contribution in [0.3, 0.4) is 0 Å². The summed E-state index contributed by atoms with van der Waals surface area (Å²) < 4.78 is 10.8. The molecule has 3 nitrogen and oxygen atoms in total. The van der Waals surface area contributed by atoms with Crippen LogP contribution in [0.2, 0.25) is 0 Å². The zero-order valence-electron chi connectivity index (χ0n) is 9.96. The van der Waals surface area contributed by atoms with Gasteiger partial charge in [0.25, 0.3) is 0 Å². The number of rotatable bonds is 0. The summed E-state index contributed by atoms with van der Waals surface area (Å²) in [7, 11) is 0. The van der Waals surface area contributed by atoms with Gasteiger partial charge in [0, 0.05) is 11.5 Å². The second-order valence-electron chi connectivity index (χ2n) is 4.44. The van der Waals surface area contributed by atoms with Crippen molar-refractivity contribution in [2.45, 2.75) is 20.8 Å². The molecule has 0 saturated carbocycles. The molecule has 0 bridgehead atoms. The highest BCUT2D eigenvalue weighted by Gasteiger charge is 2.13. The smallest absolute Gasteiger partial charge is 0.336 e. The molecule has 0 aliphatic rings. The maximum absolute atomic E-state index is 11.4. The van der Waals surface area contributed by atoms with Gasteiger partial charge < -0.3 is 8.83 Å². The predicted octanol–water partition coefficient (Wildman–Crippen LogP) is 3.46. The van der Waals surface area contributed by atoms with E-state index in [1.165, 1.54) is 6.07 Å². The van der Waals surface area contributed by atoms with Gasteiger partial charge in [-0.15, -0.1) is 0 Å². The molecule has 0 unspecified atom stereocenters. The molecule has 0 atom stereocenters. The topological polar surface area (TPSA) is 43.4 Å². The molecule has 1 aromatic carbocycles. The summed E-state index contributed by atoms with van der Waals surface area (Å²) >= 11 is 0. The first-order valence-electron chi connectivity index (χ1n) is 5.50. The molecule has 0 amide bonds. The van der Waals surface area contributed by atoms with Crippen molar-refractivity contribution in [2.75, 3.05) is 0 Å². The van der Waals surface area contributed by atoms with Gasteiger partial charge in [0.05, 0.1) is 11.6 Å². The minimum Gasteiger partial charge on any atom is -0.463 e. The van der Waals surface area contributed by atoms with E-state index in [0.717, 1.165) is 33.0 Å². The Kier molecular flexibility index (Phi) is 1.93. The highest BCUT2D eigenvalue weighted by atomic mass is 16.4. The van der Waals surface area contributed by atoms with Gasteiger partial charge >= 0.3 is 5.63 Å². The number of fused-ring (bicyclic) bond motifs is 3. The third kappa shape index (κ3) is 1.32. The quantitative estimate of drug-likeness (QED) is 0.553. The standard InChI is InChI=1S/C14H12O3/c1-7-4-10-13(8(2)5-11(15)17-10)14-12(7)9(3)6-16-14/h4-6H,1-3H3. The van der Waals surface area contributed by atoms with Crippen LogP contribution in [0.1, 0.15) is 16.7 Å². The molecule has 0 spiro atoms.